The largest absolute Gasteiger partial charge is 0.351 e. The molecule has 3 nitrogen and oxygen atoms in total. The highest BCUT2D eigenvalue weighted by atomic mass is 15.1. The minimum atomic E-state index is 0.602. The average molecular weight is 223 g/mol. The monoisotopic (exact) mass is 223 g/mol. The molecule has 0 atom stereocenters. The van der Waals surface area contributed by atoms with Gasteiger partial charge in [-0.15, -0.1) is 0 Å². The van der Waals surface area contributed by atoms with Crippen LogP contribution in [0.2, 0.25) is 0 Å². The molecule has 2 aliphatic rings. The number of nitrogens with zero attached hydrogens (tertiary/aromatic N) is 2. The summed E-state index contributed by atoms with van der Waals surface area (Å²) < 4.78 is 0. The molecule has 2 aliphatic carbocycles. The summed E-state index contributed by atoms with van der Waals surface area (Å²) in [6, 6.07) is 9.08. The van der Waals surface area contributed by atoms with Crippen LogP contribution in [-0.2, 0) is 6.42 Å². The Morgan fingerprint density at radius 2 is 2.00 bits per heavy atom. The van der Waals surface area contributed by atoms with Gasteiger partial charge in [0.1, 0.15) is 0 Å². The molecule has 1 N–H and O–H groups in total. The van der Waals surface area contributed by atoms with E-state index in [1.165, 1.54) is 29.5 Å². The maximum atomic E-state index is 4.65. The van der Waals surface area contributed by atoms with Crippen molar-refractivity contribution in [3.05, 3.63) is 41.6 Å². The van der Waals surface area contributed by atoms with Crippen molar-refractivity contribution in [2.24, 2.45) is 0 Å². The molecule has 0 amide bonds. The van der Waals surface area contributed by atoms with Gasteiger partial charge in [-0.1, -0.05) is 24.3 Å². The van der Waals surface area contributed by atoms with Crippen LogP contribution in [-0.4, -0.2) is 16.0 Å². The standard InChI is InChI=1S/C14H13N3/c1-2-4-12-9(3-1)7-10-8-15-14(17-13(10)12)16-11-5-6-11/h1-4,8,11H,5-7H2,(H,15,16,17). The van der Waals surface area contributed by atoms with Gasteiger partial charge in [-0.2, -0.15) is 0 Å². The Hall–Kier alpha value is -1.90. The minimum Gasteiger partial charge on any atom is -0.351 e. The summed E-state index contributed by atoms with van der Waals surface area (Å²) in [6.07, 6.45) is 5.43. The molecule has 84 valence electrons. The molecule has 1 fully saturated rings. The summed E-state index contributed by atoms with van der Waals surface area (Å²) in [5.41, 5.74) is 4.98. The van der Waals surface area contributed by atoms with Crippen LogP contribution < -0.4 is 5.32 Å². The second kappa shape index (κ2) is 3.29. The third-order valence-electron chi connectivity index (χ3n) is 3.43. The molecular formula is C14H13N3. The van der Waals surface area contributed by atoms with Crippen LogP contribution in [0.25, 0.3) is 11.3 Å². The van der Waals surface area contributed by atoms with Gasteiger partial charge in [0.25, 0.3) is 0 Å². The van der Waals surface area contributed by atoms with Crippen LogP contribution in [0.4, 0.5) is 5.95 Å². The van der Waals surface area contributed by atoms with Crippen molar-refractivity contribution < 1.29 is 0 Å². The van der Waals surface area contributed by atoms with Crippen molar-refractivity contribution in [2.45, 2.75) is 25.3 Å². The van der Waals surface area contributed by atoms with Crippen molar-refractivity contribution in [3.8, 4) is 11.3 Å². The second-order valence-corrected chi connectivity index (χ2v) is 4.82. The number of fused-ring (bicyclic) bond motifs is 3. The molecule has 3 heteroatoms. The van der Waals surface area contributed by atoms with E-state index >= 15 is 0 Å². The molecule has 0 spiro atoms. The number of nitrogens with one attached hydrogen (secondary N) is 1. The van der Waals surface area contributed by atoms with Crippen LogP contribution >= 0.6 is 0 Å². The first kappa shape index (κ1) is 9.16. The van der Waals surface area contributed by atoms with E-state index in [4.69, 9.17) is 0 Å². The number of benzene rings is 1. The lowest BCUT2D eigenvalue weighted by Gasteiger charge is -2.05. The molecule has 1 aromatic heterocycles. The first-order chi connectivity index (χ1) is 8.40. The number of rotatable bonds is 2. The summed E-state index contributed by atoms with van der Waals surface area (Å²) >= 11 is 0. The Morgan fingerprint density at radius 3 is 2.88 bits per heavy atom. The van der Waals surface area contributed by atoms with Crippen LogP contribution in [0.3, 0.4) is 0 Å². The van der Waals surface area contributed by atoms with E-state index in [9.17, 15) is 0 Å². The fourth-order valence-electron chi connectivity index (χ4n) is 2.36. The summed E-state index contributed by atoms with van der Waals surface area (Å²) in [7, 11) is 0. The van der Waals surface area contributed by atoms with Crippen LogP contribution in [0.15, 0.2) is 30.5 Å². The summed E-state index contributed by atoms with van der Waals surface area (Å²) in [5, 5.41) is 3.35. The smallest absolute Gasteiger partial charge is 0.223 e. The summed E-state index contributed by atoms with van der Waals surface area (Å²) in [5.74, 6) is 0.781. The maximum Gasteiger partial charge on any atom is 0.223 e. The normalized spacial score (nSPS) is 16.5. The van der Waals surface area contributed by atoms with E-state index < -0.39 is 0 Å². The lowest BCUT2D eigenvalue weighted by molar-refractivity contribution is 1.04. The topological polar surface area (TPSA) is 37.8 Å². The molecule has 17 heavy (non-hydrogen) atoms. The highest BCUT2D eigenvalue weighted by Gasteiger charge is 2.24. The van der Waals surface area contributed by atoms with Crippen LogP contribution in [0.5, 0.6) is 0 Å². The minimum absolute atomic E-state index is 0.602. The van der Waals surface area contributed by atoms with Crippen molar-refractivity contribution >= 4 is 5.95 Å². The summed E-state index contributed by atoms with van der Waals surface area (Å²) in [4.78, 5) is 9.04. The molecule has 0 saturated heterocycles. The molecule has 0 aliphatic heterocycles. The van der Waals surface area contributed by atoms with Gasteiger partial charge in [-0.25, -0.2) is 9.97 Å². The van der Waals surface area contributed by atoms with Gasteiger partial charge in [0.05, 0.1) is 5.69 Å². The van der Waals surface area contributed by atoms with Gasteiger partial charge in [0.15, 0.2) is 0 Å². The van der Waals surface area contributed by atoms with Crippen molar-refractivity contribution in [1.82, 2.24) is 9.97 Å². The molecule has 1 saturated carbocycles. The first-order valence-corrected chi connectivity index (χ1v) is 6.11. The number of hydrogen-bond donors (Lipinski definition) is 1. The van der Waals surface area contributed by atoms with E-state index in [1.807, 2.05) is 6.20 Å². The molecule has 1 aromatic carbocycles. The van der Waals surface area contributed by atoms with Gasteiger partial charge in [-0.3, -0.25) is 0 Å². The quantitative estimate of drug-likeness (QED) is 0.725. The Kier molecular flexibility index (Phi) is 1.78. The van der Waals surface area contributed by atoms with E-state index in [0.29, 0.717) is 6.04 Å². The third-order valence-corrected chi connectivity index (χ3v) is 3.43. The number of hydrogen-bond acceptors (Lipinski definition) is 3. The lowest BCUT2D eigenvalue weighted by Crippen LogP contribution is -2.05. The molecule has 1 heterocycles. The van der Waals surface area contributed by atoms with E-state index in [1.54, 1.807) is 0 Å². The predicted octanol–water partition coefficient (Wildman–Crippen LogP) is 2.62. The van der Waals surface area contributed by atoms with Crippen molar-refractivity contribution in [3.63, 3.8) is 0 Å². The zero-order valence-electron chi connectivity index (χ0n) is 9.48. The van der Waals surface area contributed by atoms with Crippen LogP contribution in [0, 0.1) is 0 Å². The third kappa shape index (κ3) is 1.50. The number of aromatic nitrogens is 2. The maximum absolute atomic E-state index is 4.65. The predicted molar refractivity (Wildman–Crippen MR) is 66.9 cm³/mol. The Bertz CT molecular complexity index is 588. The first-order valence-electron chi connectivity index (χ1n) is 6.11. The van der Waals surface area contributed by atoms with Gasteiger partial charge < -0.3 is 5.32 Å². The highest BCUT2D eigenvalue weighted by Crippen LogP contribution is 2.35. The fraction of sp³-hybridized carbons (Fsp3) is 0.286. The Morgan fingerprint density at radius 1 is 1.12 bits per heavy atom. The van der Waals surface area contributed by atoms with Crippen molar-refractivity contribution in [1.29, 1.82) is 0 Å². The summed E-state index contributed by atoms with van der Waals surface area (Å²) in [6.45, 7) is 0. The van der Waals surface area contributed by atoms with E-state index in [0.717, 1.165) is 18.1 Å². The zero-order valence-corrected chi connectivity index (χ0v) is 9.48. The van der Waals surface area contributed by atoms with E-state index in [2.05, 4.69) is 39.6 Å². The fourth-order valence-corrected chi connectivity index (χ4v) is 2.36. The molecular weight excluding hydrogens is 210 g/mol. The van der Waals surface area contributed by atoms with Crippen molar-refractivity contribution in [2.75, 3.05) is 5.32 Å². The van der Waals surface area contributed by atoms with Crippen LogP contribution in [0.1, 0.15) is 24.0 Å². The molecule has 0 unspecified atom stereocenters. The van der Waals surface area contributed by atoms with Gasteiger partial charge in [0, 0.05) is 29.8 Å². The molecule has 2 aromatic rings. The van der Waals surface area contributed by atoms with Gasteiger partial charge >= 0.3 is 0 Å². The molecule has 0 bridgehead atoms. The number of anilines is 1. The average Bonchev–Trinajstić information content (AvgIpc) is 3.08. The van der Waals surface area contributed by atoms with Gasteiger partial charge in [0.2, 0.25) is 5.95 Å². The van der Waals surface area contributed by atoms with E-state index in [-0.39, 0.29) is 0 Å². The second-order valence-electron chi connectivity index (χ2n) is 4.82. The zero-order chi connectivity index (χ0) is 11.2. The molecule has 4 rings (SSSR count). The highest BCUT2D eigenvalue weighted by molar-refractivity contribution is 5.73. The lowest BCUT2D eigenvalue weighted by atomic mass is 10.1. The molecule has 0 radical (unpaired) electrons. The Balaban J connectivity index is 1.78. The SMILES string of the molecule is c1ccc2c(c1)Cc1cnc(NC3CC3)nc1-2. The van der Waals surface area contributed by atoms with Gasteiger partial charge in [-0.05, 0) is 18.4 Å². The Labute approximate surface area is 99.9 Å².